The van der Waals surface area contributed by atoms with Crippen LogP contribution >= 0.6 is 0 Å². The summed E-state index contributed by atoms with van der Waals surface area (Å²) >= 11 is 0. The quantitative estimate of drug-likeness (QED) is 0.660. The average molecular weight is 399 g/mol. The van der Waals surface area contributed by atoms with Gasteiger partial charge in [0, 0.05) is 36.6 Å². The molecular formula is C25H25N3O2. The third-order valence-electron chi connectivity index (χ3n) is 6.32. The summed E-state index contributed by atoms with van der Waals surface area (Å²) in [6, 6.07) is 10.2. The molecule has 5 rings (SSSR count). The van der Waals surface area contributed by atoms with Crippen molar-refractivity contribution >= 4 is 5.91 Å². The van der Waals surface area contributed by atoms with Crippen LogP contribution in [0.15, 0.2) is 42.7 Å². The van der Waals surface area contributed by atoms with Crippen LogP contribution in [0.4, 0.5) is 0 Å². The number of aryl methyl sites for hydroxylation is 1. The molecule has 0 radical (unpaired) electrons. The molecule has 4 heterocycles. The largest absolute Gasteiger partial charge is 0.487 e. The van der Waals surface area contributed by atoms with E-state index in [1.165, 1.54) is 5.56 Å². The molecule has 1 saturated heterocycles. The van der Waals surface area contributed by atoms with Crippen LogP contribution in [-0.2, 0) is 6.42 Å². The minimum Gasteiger partial charge on any atom is -0.487 e. The van der Waals surface area contributed by atoms with Crippen molar-refractivity contribution in [3.8, 4) is 17.0 Å². The molecule has 3 aromatic rings. The number of carbonyl (C=O) groups is 1. The molecule has 0 saturated carbocycles. The summed E-state index contributed by atoms with van der Waals surface area (Å²) in [5.41, 5.74) is 8.13. The van der Waals surface area contributed by atoms with Gasteiger partial charge in [-0.3, -0.25) is 14.8 Å². The van der Waals surface area contributed by atoms with Crippen molar-refractivity contribution in [3.05, 3.63) is 76.2 Å². The van der Waals surface area contributed by atoms with Gasteiger partial charge in [0.05, 0.1) is 17.8 Å². The van der Waals surface area contributed by atoms with E-state index in [0.717, 1.165) is 58.8 Å². The Hall–Kier alpha value is -3.21. The number of aromatic nitrogens is 2. The molecule has 2 aliphatic heterocycles. The van der Waals surface area contributed by atoms with Gasteiger partial charge in [-0.05, 0) is 73.7 Å². The van der Waals surface area contributed by atoms with Crippen LogP contribution in [0.25, 0.3) is 11.3 Å². The first-order valence-corrected chi connectivity index (χ1v) is 10.5. The molecule has 0 unspecified atom stereocenters. The standard InChI is InChI=1S/C25H25N3O2/c1-15-4-6-19(13-26-15)23-7-5-18(12-27-23)10-20-11-22-24(17(3)16(20)2)30-21-8-9-28(14-21)25(22)29/h4-7,11-13,21H,8-10,14H2,1-3H3/t21-/m0/s1. The summed E-state index contributed by atoms with van der Waals surface area (Å²) in [5, 5.41) is 0. The zero-order valence-corrected chi connectivity index (χ0v) is 17.6. The second-order valence-corrected chi connectivity index (χ2v) is 8.36. The van der Waals surface area contributed by atoms with Gasteiger partial charge in [0.2, 0.25) is 0 Å². The van der Waals surface area contributed by atoms with Crippen LogP contribution in [0.2, 0.25) is 0 Å². The summed E-state index contributed by atoms with van der Waals surface area (Å²) in [6.07, 6.45) is 5.54. The number of benzene rings is 1. The van der Waals surface area contributed by atoms with Gasteiger partial charge >= 0.3 is 0 Å². The highest BCUT2D eigenvalue weighted by Gasteiger charge is 2.35. The van der Waals surface area contributed by atoms with E-state index in [1.807, 2.05) is 48.5 Å². The number of hydrogen-bond acceptors (Lipinski definition) is 4. The molecule has 2 bridgehead atoms. The summed E-state index contributed by atoms with van der Waals surface area (Å²) < 4.78 is 6.23. The molecule has 1 atom stereocenters. The smallest absolute Gasteiger partial charge is 0.257 e. The third kappa shape index (κ3) is 3.24. The Balaban J connectivity index is 1.45. The lowest BCUT2D eigenvalue weighted by Gasteiger charge is -2.21. The van der Waals surface area contributed by atoms with Crippen LogP contribution in [0, 0.1) is 20.8 Å². The fourth-order valence-corrected chi connectivity index (χ4v) is 4.34. The first kappa shape index (κ1) is 18.8. The minimum absolute atomic E-state index is 0.0923. The molecule has 0 N–H and O–H groups in total. The van der Waals surface area contributed by atoms with Crippen LogP contribution in [-0.4, -0.2) is 40.0 Å². The van der Waals surface area contributed by atoms with E-state index >= 15 is 0 Å². The number of carbonyl (C=O) groups excluding carboxylic acids is 1. The van der Waals surface area contributed by atoms with E-state index < -0.39 is 0 Å². The monoisotopic (exact) mass is 399 g/mol. The van der Waals surface area contributed by atoms with E-state index in [0.29, 0.717) is 12.1 Å². The van der Waals surface area contributed by atoms with Gasteiger partial charge in [-0.25, -0.2) is 0 Å². The fraction of sp³-hybridized carbons (Fsp3) is 0.320. The number of pyridine rings is 2. The second-order valence-electron chi connectivity index (χ2n) is 8.36. The number of hydrogen-bond donors (Lipinski definition) is 0. The second kappa shape index (κ2) is 7.24. The normalized spacial score (nSPS) is 17.5. The highest BCUT2D eigenvalue weighted by atomic mass is 16.5. The van der Waals surface area contributed by atoms with Crippen molar-refractivity contribution in [2.24, 2.45) is 0 Å². The Morgan fingerprint density at radius 3 is 2.67 bits per heavy atom. The first-order valence-electron chi connectivity index (χ1n) is 10.5. The van der Waals surface area contributed by atoms with Gasteiger partial charge < -0.3 is 9.64 Å². The lowest BCUT2D eigenvalue weighted by atomic mass is 9.93. The van der Waals surface area contributed by atoms with Crippen molar-refractivity contribution in [1.82, 2.24) is 14.9 Å². The lowest BCUT2D eigenvalue weighted by molar-refractivity contribution is 0.0792. The van der Waals surface area contributed by atoms with Gasteiger partial charge in [-0.2, -0.15) is 0 Å². The number of rotatable bonds is 3. The van der Waals surface area contributed by atoms with Gasteiger partial charge in [0.25, 0.3) is 5.91 Å². The van der Waals surface area contributed by atoms with E-state index in [9.17, 15) is 4.79 Å². The van der Waals surface area contributed by atoms with Crippen LogP contribution in [0.3, 0.4) is 0 Å². The molecule has 2 aliphatic rings. The fourth-order valence-electron chi connectivity index (χ4n) is 4.34. The van der Waals surface area contributed by atoms with E-state index in [-0.39, 0.29) is 12.0 Å². The summed E-state index contributed by atoms with van der Waals surface area (Å²) in [4.78, 5) is 23.9. The zero-order valence-electron chi connectivity index (χ0n) is 17.6. The molecule has 1 aromatic carbocycles. The third-order valence-corrected chi connectivity index (χ3v) is 6.32. The molecule has 0 spiro atoms. The maximum atomic E-state index is 13.0. The molecular weight excluding hydrogens is 374 g/mol. The predicted octanol–water partition coefficient (Wildman–Crippen LogP) is 4.27. The highest BCUT2D eigenvalue weighted by molar-refractivity contribution is 5.98. The van der Waals surface area contributed by atoms with Gasteiger partial charge in [-0.1, -0.05) is 6.07 Å². The maximum Gasteiger partial charge on any atom is 0.257 e. The molecule has 1 amide bonds. The summed E-state index contributed by atoms with van der Waals surface area (Å²) in [6.45, 7) is 7.63. The maximum absolute atomic E-state index is 13.0. The zero-order chi connectivity index (χ0) is 20.8. The topological polar surface area (TPSA) is 55.3 Å². The lowest BCUT2D eigenvalue weighted by Crippen LogP contribution is -2.28. The SMILES string of the molecule is Cc1ccc(-c2ccc(Cc3cc4c(c(C)c3C)O[C@H]3CCN(C3)C4=O)cn2)cn1. The van der Waals surface area contributed by atoms with E-state index in [1.54, 1.807) is 0 Å². The number of ether oxygens (including phenoxy) is 1. The van der Waals surface area contributed by atoms with Crippen molar-refractivity contribution in [3.63, 3.8) is 0 Å². The average Bonchev–Trinajstić information content (AvgIpc) is 3.17. The summed E-state index contributed by atoms with van der Waals surface area (Å²) in [7, 11) is 0. The number of fused-ring (bicyclic) bond motifs is 3. The summed E-state index contributed by atoms with van der Waals surface area (Å²) in [5.74, 6) is 0.864. The van der Waals surface area contributed by atoms with E-state index in [4.69, 9.17) is 4.74 Å². The molecule has 5 nitrogen and oxygen atoms in total. The Morgan fingerprint density at radius 2 is 1.93 bits per heavy atom. The Morgan fingerprint density at radius 1 is 1.07 bits per heavy atom. The molecule has 2 aromatic heterocycles. The molecule has 5 heteroatoms. The highest BCUT2D eigenvalue weighted by Crippen LogP contribution is 2.36. The van der Waals surface area contributed by atoms with Crippen molar-refractivity contribution in [1.29, 1.82) is 0 Å². The van der Waals surface area contributed by atoms with Gasteiger partial charge in [-0.15, -0.1) is 0 Å². The Bertz CT molecular complexity index is 1120. The van der Waals surface area contributed by atoms with Crippen LogP contribution < -0.4 is 4.74 Å². The molecule has 152 valence electrons. The number of amides is 1. The first-order chi connectivity index (χ1) is 14.5. The molecule has 0 aliphatic carbocycles. The molecule has 30 heavy (non-hydrogen) atoms. The Labute approximate surface area is 176 Å². The minimum atomic E-state index is 0.0923. The van der Waals surface area contributed by atoms with Crippen molar-refractivity contribution < 1.29 is 9.53 Å². The molecule has 1 fully saturated rings. The number of nitrogens with zero attached hydrogens (tertiary/aromatic N) is 3. The van der Waals surface area contributed by atoms with Gasteiger partial charge in [0.15, 0.2) is 0 Å². The van der Waals surface area contributed by atoms with Crippen molar-refractivity contribution in [2.45, 2.75) is 39.7 Å². The van der Waals surface area contributed by atoms with Crippen LogP contribution in [0.1, 0.15) is 44.7 Å². The predicted molar refractivity (Wildman–Crippen MR) is 116 cm³/mol. The van der Waals surface area contributed by atoms with Crippen LogP contribution in [0.5, 0.6) is 5.75 Å². The van der Waals surface area contributed by atoms with Crippen molar-refractivity contribution in [2.75, 3.05) is 13.1 Å². The van der Waals surface area contributed by atoms with E-state index in [2.05, 4.69) is 29.9 Å². The Kier molecular flexibility index (Phi) is 4.54. The van der Waals surface area contributed by atoms with Gasteiger partial charge in [0.1, 0.15) is 11.9 Å².